The molecule has 0 spiro atoms. The molecule has 0 aromatic rings. The lowest BCUT2D eigenvalue weighted by Gasteiger charge is -2.31. The first-order valence-corrected chi connectivity index (χ1v) is 7.09. The Labute approximate surface area is 110 Å². The van der Waals surface area contributed by atoms with Crippen molar-refractivity contribution in [1.29, 1.82) is 0 Å². The molecule has 0 bridgehead atoms. The fourth-order valence-electron chi connectivity index (χ4n) is 2.45. The number of hydrogen-bond acceptors (Lipinski definition) is 3. The van der Waals surface area contributed by atoms with Gasteiger partial charge in [0.2, 0.25) is 0 Å². The van der Waals surface area contributed by atoms with Crippen LogP contribution >= 0.6 is 0 Å². The van der Waals surface area contributed by atoms with Crippen molar-refractivity contribution >= 4 is 5.78 Å². The normalized spacial score (nSPS) is 24.6. The zero-order chi connectivity index (χ0) is 13.0. The summed E-state index contributed by atoms with van der Waals surface area (Å²) < 4.78 is 0. The monoisotopic (exact) mass is 248 g/mol. The number of nitrogens with zero attached hydrogens (tertiary/aromatic N) is 1. The van der Waals surface area contributed by atoms with Crippen molar-refractivity contribution in [3.8, 4) is 0 Å². The maximum absolute atomic E-state index is 12.0. The summed E-state index contributed by atoms with van der Waals surface area (Å²) in [5.41, 5.74) is 1.10. The van der Waals surface area contributed by atoms with Crippen LogP contribution in [0.3, 0.4) is 0 Å². The number of nitrogens with one attached hydrogen (secondary N) is 1. The molecule has 100 valence electrons. The van der Waals surface area contributed by atoms with Crippen molar-refractivity contribution in [1.82, 2.24) is 10.2 Å². The molecular formula is C15H24N2O. The van der Waals surface area contributed by atoms with Gasteiger partial charge in [-0.2, -0.15) is 0 Å². The van der Waals surface area contributed by atoms with Gasteiger partial charge in [-0.05, 0) is 37.8 Å². The van der Waals surface area contributed by atoms with E-state index in [-0.39, 0.29) is 11.8 Å². The van der Waals surface area contributed by atoms with Gasteiger partial charge in [-0.1, -0.05) is 19.9 Å². The Bertz CT molecular complexity index is 352. The molecule has 1 atom stereocenters. The average molecular weight is 248 g/mol. The van der Waals surface area contributed by atoms with Crippen LogP contribution in [0.2, 0.25) is 0 Å². The highest BCUT2D eigenvalue weighted by molar-refractivity contribution is 5.97. The molecule has 1 aliphatic carbocycles. The first-order chi connectivity index (χ1) is 8.66. The summed E-state index contributed by atoms with van der Waals surface area (Å²) in [4.78, 5) is 14.4. The van der Waals surface area contributed by atoms with Gasteiger partial charge in [0.05, 0.1) is 6.04 Å². The lowest BCUT2D eigenvalue weighted by molar-refractivity contribution is -0.115. The predicted molar refractivity (Wildman–Crippen MR) is 74.3 cm³/mol. The molecule has 1 saturated heterocycles. The SMILES string of the molecule is CC(C)CN[C@H]1C=CC(N2CCCCC2)=CC1=O. The molecule has 0 radical (unpaired) electrons. The molecule has 1 fully saturated rings. The molecule has 0 aromatic carbocycles. The van der Waals surface area contributed by atoms with Gasteiger partial charge in [0.25, 0.3) is 0 Å². The lowest BCUT2D eigenvalue weighted by Crippen LogP contribution is -2.39. The average Bonchev–Trinajstić information content (AvgIpc) is 2.38. The first-order valence-electron chi connectivity index (χ1n) is 7.09. The van der Waals surface area contributed by atoms with E-state index in [1.54, 1.807) is 0 Å². The number of allylic oxidation sites excluding steroid dienone is 1. The molecule has 1 heterocycles. The minimum atomic E-state index is -0.124. The minimum Gasteiger partial charge on any atom is -0.371 e. The Morgan fingerprint density at radius 2 is 2.06 bits per heavy atom. The van der Waals surface area contributed by atoms with E-state index in [9.17, 15) is 4.79 Å². The number of likely N-dealkylation sites (tertiary alicyclic amines) is 1. The van der Waals surface area contributed by atoms with Gasteiger partial charge < -0.3 is 10.2 Å². The number of rotatable bonds is 4. The fourth-order valence-corrected chi connectivity index (χ4v) is 2.45. The molecule has 2 aliphatic rings. The van der Waals surface area contributed by atoms with E-state index in [0.29, 0.717) is 5.92 Å². The molecule has 2 rings (SSSR count). The number of ketones is 1. The summed E-state index contributed by atoms with van der Waals surface area (Å²) in [6, 6.07) is -0.124. The van der Waals surface area contributed by atoms with Crippen LogP contribution < -0.4 is 5.32 Å². The highest BCUT2D eigenvalue weighted by Crippen LogP contribution is 2.18. The van der Waals surface area contributed by atoms with Crippen LogP contribution in [-0.2, 0) is 4.79 Å². The molecule has 1 aliphatic heterocycles. The molecule has 3 nitrogen and oxygen atoms in total. The summed E-state index contributed by atoms with van der Waals surface area (Å²) in [6.45, 7) is 7.37. The molecule has 0 saturated carbocycles. The van der Waals surface area contributed by atoms with Crippen molar-refractivity contribution in [3.63, 3.8) is 0 Å². The van der Waals surface area contributed by atoms with E-state index >= 15 is 0 Å². The summed E-state index contributed by atoms with van der Waals surface area (Å²) in [6.07, 6.45) is 9.73. The van der Waals surface area contributed by atoms with Crippen LogP contribution in [0.5, 0.6) is 0 Å². The van der Waals surface area contributed by atoms with E-state index in [0.717, 1.165) is 25.3 Å². The Kier molecular flexibility index (Phi) is 4.59. The summed E-state index contributed by atoms with van der Waals surface area (Å²) in [5.74, 6) is 0.761. The third-order valence-corrected chi connectivity index (χ3v) is 3.52. The topological polar surface area (TPSA) is 32.3 Å². The van der Waals surface area contributed by atoms with Gasteiger partial charge in [-0.3, -0.25) is 4.79 Å². The Morgan fingerprint density at radius 3 is 2.67 bits per heavy atom. The standard InChI is InChI=1S/C15H24N2O/c1-12(2)11-16-14-7-6-13(10-15(14)18)17-8-4-3-5-9-17/h6-7,10,12,14,16H,3-5,8-9,11H2,1-2H3/t14-/m0/s1. The Balaban J connectivity index is 1.91. The number of carbonyl (C=O) groups is 1. The quantitative estimate of drug-likeness (QED) is 0.827. The van der Waals surface area contributed by atoms with Crippen LogP contribution in [0.1, 0.15) is 33.1 Å². The van der Waals surface area contributed by atoms with Gasteiger partial charge in [-0.25, -0.2) is 0 Å². The molecule has 0 aromatic heterocycles. The van der Waals surface area contributed by atoms with E-state index < -0.39 is 0 Å². The van der Waals surface area contributed by atoms with Crippen molar-refractivity contribution in [2.45, 2.75) is 39.2 Å². The van der Waals surface area contributed by atoms with Gasteiger partial charge in [0, 0.05) is 24.9 Å². The van der Waals surface area contributed by atoms with Crippen LogP contribution in [0.15, 0.2) is 23.9 Å². The third-order valence-electron chi connectivity index (χ3n) is 3.52. The Morgan fingerprint density at radius 1 is 1.33 bits per heavy atom. The zero-order valence-corrected chi connectivity index (χ0v) is 11.5. The molecule has 3 heteroatoms. The highest BCUT2D eigenvalue weighted by atomic mass is 16.1. The second kappa shape index (κ2) is 6.19. The maximum atomic E-state index is 12.0. The minimum absolute atomic E-state index is 0.124. The Hall–Kier alpha value is -1.09. The molecule has 0 unspecified atom stereocenters. The highest BCUT2D eigenvalue weighted by Gasteiger charge is 2.20. The van der Waals surface area contributed by atoms with Gasteiger partial charge in [0.1, 0.15) is 0 Å². The van der Waals surface area contributed by atoms with E-state index in [1.165, 1.54) is 19.3 Å². The van der Waals surface area contributed by atoms with Crippen LogP contribution in [0, 0.1) is 5.92 Å². The molecule has 18 heavy (non-hydrogen) atoms. The third kappa shape index (κ3) is 3.45. The zero-order valence-electron chi connectivity index (χ0n) is 11.5. The van der Waals surface area contributed by atoms with Crippen molar-refractivity contribution < 1.29 is 4.79 Å². The largest absolute Gasteiger partial charge is 0.371 e. The molecule has 1 N–H and O–H groups in total. The van der Waals surface area contributed by atoms with Crippen molar-refractivity contribution in [2.75, 3.05) is 19.6 Å². The smallest absolute Gasteiger partial charge is 0.178 e. The van der Waals surface area contributed by atoms with E-state index in [4.69, 9.17) is 0 Å². The van der Waals surface area contributed by atoms with Gasteiger partial charge >= 0.3 is 0 Å². The maximum Gasteiger partial charge on any atom is 0.178 e. The van der Waals surface area contributed by atoms with Crippen LogP contribution in [-0.4, -0.2) is 36.4 Å². The van der Waals surface area contributed by atoms with Gasteiger partial charge in [0.15, 0.2) is 5.78 Å². The van der Waals surface area contributed by atoms with E-state index in [1.807, 2.05) is 12.2 Å². The van der Waals surface area contributed by atoms with Crippen molar-refractivity contribution in [2.24, 2.45) is 5.92 Å². The second-order valence-corrected chi connectivity index (χ2v) is 5.66. The molecular weight excluding hydrogens is 224 g/mol. The van der Waals surface area contributed by atoms with Crippen LogP contribution in [0.25, 0.3) is 0 Å². The van der Waals surface area contributed by atoms with Gasteiger partial charge in [-0.15, -0.1) is 0 Å². The molecule has 0 amide bonds. The summed E-state index contributed by atoms with van der Waals surface area (Å²) in [5, 5.41) is 3.29. The lowest BCUT2D eigenvalue weighted by atomic mass is 10.0. The van der Waals surface area contributed by atoms with Crippen LogP contribution in [0.4, 0.5) is 0 Å². The predicted octanol–water partition coefficient (Wildman–Crippen LogP) is 2.11. The fraction of sp³-hybridized carbons (Fsp3) is 0.667. The number of hydrogen-bond donors (Lipinski definition) is 1. The first kappa shape index (κ1) is 13.3. The van der Waals surface area contributed by atoms with Crippen molar-refractivity contribution in [3.05, 3.63) is 23.9 Å². The van der Waals surface area contributed by atoms with E-state index in [2.05, 4.69) is 30.1 Å². The second-order valence-electron chi connectivity index (χ2n) is 5.66. The number of piperidine rings is 1. The summed E-state index contributed by atoms with van der Waals surface area (Å²) in [7, 11) is 0. The summed E-state index contributed by atoms with van der Waals surface area (Å²) >= 11 is 0. The number of carbonyl (C=O) groups excluding carboxylic acids is 1.